The fourth-order valence-corrected chi connectivity index (χ4v) is 1.78. The van der Waals surface area contributed by atoms with Crippen molar-refractivity contribution in [2.24, 2.45) is 0 Å². The zero-order valence-electron chi connectivity index (χ0n) is 9.52. The molecule has 18 heavy (non-hydrogen) atoms. The summed E-state index contributed by atoms with van der Waals surface area (Å²) in [5.41, 5.74) is 1.99. The van der Waals surface area contributed by atoms with Crippen LogP contribution in [0.3, 0.4) is 0 Å². The number of benzene rings is 1. The molecule has 5 heteroatoms. The summed E-state index contributed by atoms with van der Waals surface area (Å²) in [7, 11) is 0. The minimum atomic E-state index is 0.00579. The molecule has 0 aliphatic heterocycles. The fraction of sp³-hybridized carbons (Fsp3) is 0.0769. The van der Waals surface area contributed by atoms with Gasteiger partial charge < -0.3 is 0 Å². The molecule has 1 aromatic carbocycles. The van der Waals surface area contributed by atoms with Crippen molar-refractivity contribution < 1.29 is 4.79 Å². The van der Waals surface area contributed by atoms with Crippen LogP contribution in [0, 0.1) is 0 Å². The van der Waals surface area contributed by atoms with E-state index in [1.165, 1.54) is 0 Å². The second-order valence-corrected chi connectivity index (χ2v) is 3.86. The normalized spacial score (nSPS) is 10.7. The van der Waals surface area contributed by atoms with Crippen LogP contribution >= 0.6 is 0 Å². The zero-order valence-corrected chi connectivity index (χ0v) is 9.52. The summed E-state index contributed by atoms with van der Waals surface area (Å²) in [6, 6.07) is 9.15. The number of nitrogens with zero attached hydrogens (tertiary/aromatic N) is 4. The fourth-order valence-electron chi connectivity index (χ4n) is 1.78. The highest BCUT2D eigenvalue weighted by Crippen LogP contribution is 2.08. The minimum absolute atomic E-state index is 0.00579. The summed E-state index contributed by atoms with van der Waals surface area (Å²) < 4.78 is 1.57. The first-order valence-corrected chi connectivity index (χ1v) is 5.55. The monoisotopic (exact) mass is 238 g/mol. The number of aromatic nitrogens is 4. The molecule has 0 spiro atoms. The average molecular weight is 238 g/mol. The van der Waals surface area contributed by atoms with Gasteiger partial charge in [0.05, 0.1) is 6.20 Å². The molecular weight excluding hydrogens is 228 g/mol. The summed E-state index contributed by atoms with van der Waals surface area (Å²) >= 11 is 0. The van der Waals surface area contributed by atoms with Crippen LogP contribution in [-0.2, 0) is 6.54 Å². The van der Waals surface area contributed by atoms with Crippen LogP contribution < -0.4 is 0 Å². The van der Waals surface area contributed by atoms with Crippen molar-refractivity contribution in [2.75, 3.05) is 0 Å². The van der Waals surface area contributed by atoms with Crippen LogP contribution in [-0.4, -0.2) is 25.5 Å². The molecule has 0 saturated carbocycles. The molecule has 0 radical (unpaired) electrons. The zero-order chi connectivity index (χ0) is 12.4. The Morgan fingerprint density at radius 3 is 2.72 bits per heavy atom. The van der Waals surface area contributed by atoms with Gasteiger partial charge in [-0.1, -0.05) is 30.3 Å². The van der Waals surface area contributed by atoms with Crippen LogP contribution in [0.15, 0.2) is 48.9 Å². The molecule has 0 N–H and O–H groups in total. The molecule has 0 bridgehead atoms. The number of fused-ring (bicyclic) bond motifs is 1. The van der Waals surface area contributed by atoms with E-state index in [9.17, 15) is 4.79 Å². The first-order chi connectivity index (χ1) is 8.84. The quantitative estimate of drug-likeness (QED) is 0.652. The standard InChI is InChI=1S/C13H10N4O/c18-12(10-4-2-1-3-5-10)9-17-13-11(8-16-17)14-6-7-15-13/h1-8H,9H2. The van der Waals surface area contributed by atoms with Gasteiger partial charge in [-0.25, -0.2) is 14.6 Å². The lowest BCUT2D eigenvalue weighted by molar-refractivity contribution is 0.0969. The van der Waals surface area contributed by atoms with Gasteiger partial charge in [0, 0.05) is 18.0 Å². The van der Waals surface area contributed by atoms with Gasteiger partial charge in [-0.3, -0.25) is 4.79 Å². The highest BCUT2D eigenvalue weighted by molar-refractivity contribution is 5.96. The molecule has 3 rings (SSSR count). The van der Waals surface area contributed by atoms with Crippen molar-refractivity contribution in [1.82, 2.24) is 19.7 Å². The van der Waals surface area contributed by atoms with E-state index in [2.05, 4.69) is 15.1 Å². The van der Waals surface area contributed by atoms with Gasteiger partial charge in [0.2, 0.25) is 0 Å². The first-order valence-electron chi connectivity index (χ1n) is 5.55. The number of rotatable bonds is 3. The molecule has 0 atom stereocenters. The largest absolute Gasteiger partial charge is 0.292 e. The first kappa shape index (κ1) is 10.6. The molecule has 0 unspecified atom stereocenters. The highest BCUT2D eigenvalue weighted by atomic mass is 16.1. The third kappa shape index (κ3) is 1.86. The Morgan fingerprint density at radius 2 is 1.89 bits per heavy atom. The number of Topliss-reactive ketones (excluding diaryl/α,β-unsaturated/α-hetero) is 1. The van der Waals surface area contributed by atoms with E-state index in [0.717, 1.165) is 0 Å². The van der Waals surface area contributed by atoms with Gasteiger partial charge in [-0.2, -0.15) is 5.10 Å². The molecule has 0 fully saturated rings. The van der Waals surface area contributed by atoms with Crippen molar-refractivity contribution in [3.63, 3.8) is 0 Å². The maximum atomic E-state index is 12.0. The Hall–Kier alpha value is -2.56. The van der Waals surface area contributed by atoms with Crippen molar-refractivity contribution in [2.45, 2.75) is 6.54 Å². The number of hydrogen-bond donors (Lipinski definition) is 0. The lowest BCUT2D eigenvalue weighted by atomic mass is 10.1. The molecule has 2 aromatic heterocycles. The predicted molar refractivity (Wildman–Crippen MR) is 66.1 cm³/mol. The summed E-state index contributed by atoms with van der Waals surface area (Å²) in [5, 5.41) is 4.13. The second-order valence-electron chi connectivity index (χ2n) is 3.86. The van der Waals surface area contributed by atoms with E-state index < -0.39 is 0 Å². The van der Waals surface area contributed by atoms with Crippen LogP contribution in [0.4, 0.5) is 0 Å². The Labute approximate surface area is 103 Å². The van der Waals surface area contributed by atoms with Crippen LogP contribution in [0.2, 0.25) is 0 Å². The van der Waals surface area contributed by atoms with E-state index in [4.69, 9.17) is 0 Å². The minimum Gasteiger partial charge on any atom is -0.292 e. The Bertz CT molecular complexity index is 690. The van der Waals surface area contributed by atoms with Crippen LogP contribution in [0.1, 0.15) is 10.4 Å². The van der Waals surface area contributed by atoms with Crippen molar-refractivity contribution in [3.05, 3.63) is 54.5 Å². The molecule has 0 saturated heterocycles. The molecular formula is C13H10N4O. The van der Waals surface area contributed by atoms with Gasteiger partial charge in [0.15, 0.2) is 11.4 Å². The molecule has 0 aliphatic rings. The maximum Gasteiger partial charge on any atom is 0.184 e. The van der Waals surface area contributed by atoms with Crippen LogP contribution in [0.5, 0.6) is 0 Å². The number of hydrogen-bond acceptors (Lipinski definition) is 4. The number of ketones is 1. The SMILES string of the molecule is O=C(Cn1ncc2nccnc21)c1ccccc1. The Kier molecular flexibility index (Phi) is 2.57. The summed E-state index contributed by atoms with van der Waals surface area (Å²) in [6.07, 6.45) is 4.81. The van der Waals surface area contributed by atoms with E-state index in [-0.39, 0.29) is 12.3 Å². The highest BCUT2D eigenvalue weighted by Gasteiger charge is 2.10. The van der Waals surface area contributed by atoms with E-state index in [1.54, 1.807) is 35.4 Å². The van der Waals surface area contributed by atoms with Gasteiger partial charge >= 0.3 is 0 Å². The topological polar surface area (TPSA) is 60.7 Å². The van der Waals surface area contributed by atoms with E-state index in [1.807, 2.05) is 18.2 Å². The van der Waals surface area contributed by atoms with Crippen molar-refractivity contribution >= 4 is 16.9 Å². The second kappa shape index (κ2) is 4.37. The van der Waals surface area contributed by atoms with E-state index >= 15 is 0 Å². The lowest BCUT2D eigenvalue weighted by Crippen LogP contribution is -2.11. The predicted octanol–water partition coefficient (Wildman–Crippen LogP) is 1.71. The molecule has 2 heterocycles. The summed E-state index contributed by atoms with van der Waals surface area (Å²) in [5.74, 6) is 0.00579. The summed E-state index contributed by atoms with van der Waals surface area (Å²) in [4.78, 5) is 20.3. The average Bonchev–Trinajstić information content (AvgIpc) is 2.83. The third-order valence-corrected chi connectivity index (χ3v) is 2.66. The van der Waals surface area contributed by atoms with Crippen molar-refractivity contribution in [3.8, 4) is 0 Å². The molecule has 0 amide bonds. The van der Waals surface area contributed by atoms with Crippen LogP contribution in [0.25, 0.3) is 11.2 Å². The molecule has 88 valence electrons. The van der Waals surface area contributed by atoms with Gasteiger partial charge in [0.1, 0.15) is 12.1 Å². The Morgan fingerprint density at radius 1 is 1.11 bits per heavy atom. The molecule has 5 nitrogen and oxygen atoms in total. The smallest absolute Gasteiger partial charge is 0.184 e. The Balaban J connectivity index is 1.91. The van der Waals surface area contributed by atoms with Gasteiger partial charge in [0.25, 0.3) is 0 Å². The number of carbonyl (C=O) groups is 1. The van der Waals surface area contributed by atoms with Crippen molar-refractivity contribution in [1.29, 1.82) is 0 Å². The molecule has 3 aromatic rings. The lowest BCUT2D eigenvalue weighted by Gasteiger charge is -2.02. The summed E-state index contributed by atoms with van der Waals surface area (Å²) in [6.45, 7) is 0.173. The molecule has 0 aliphatic carbocycles. The maximum absolute atomic E-state index is 12.0. The van der Waals surface area contributed by atoms with Gasteiger partial charge in [-0.05, 0) is 0 Å². The van der Waals surface area contributed by atoms with E-state index in [0.29, 0.717) is 16.7 Å². The number of carbonyl (C=O) groups excluding carboxylic acids is 1. The van der Waals surface area contributed by atoms with Gasteiger partial charge in [-0.15, -0.1) is 0 Å². The third-order valence-electron chi connectivity index (χ3n) is 2.66.